The van der Waals surface area contributed by atoms with Gasteiger partial charge in [-0.2, -0.15) is 0 Å². The average molecular weight is 620 g/mol. The molecule has 1 aliphatic heterocycles. The number of hydrogen-bond donors (Lipinski definition) is 0. The third-order valence-corrected chi connectivity index (χ3v) is 9.26. The maximum absolute atomic E-state index is 13.2. The van der Waals surface area contributed by atoms with E-state index in [2.05, 4.69) is 77.4 Å². The van der Waals surface area contributed by atoms with Gasteiger partial charge in [-0.1, -0.05) is 72.8 Å². The highest BCUT2D eigenvalue weighted by molar-refractivity contribution is 6.10. The minimum Gasteiger partial charge on any atom is -0.456 e. The first-order valence-corrected chi connectivity index (χ1v) is 15.9. The first-order valence-electron chi connectivity index (χ1n) is 15.9. The number of aromatic nitrogens is 1. The Kier molecular flexibility index (Phi) is 5.66. The monoisotopic (exact) mass is 619 g/mol. The van der Waals surface area contributed by atoms with Crippen molar-refractivity contribution in [2.75, 3.05) is 0 Å². The molecule has 7 aromatic carbocycles. The first-order chi connectivity index (χ1) is 23.7. The van der Waals surface area contributed by atoms with E-state index in [1.165, 1.54) is 16.3 Å². The molecule has 48 heavy (non-hydrogen) atoms. The van der Waals surface area contributed by atoms with Crippen LogP contribution in [0.4, 0.5) is 0 Å². The number of ether oxygens (including phenoxy) is 2. The molecule has 0 saturated carbocycles. The van der Waals surface area contributed by atoms with E-state index < -0.39 is 0 Å². The fourth-order valence-electron chi connectivity index (χ4n) is 6.93. The summed E-state index contributed by atoms with van der Waals surface area (Å²) in [7, 11) is 0. The van der Waals surface area contributed by atoms with Gasteiger partial charge in [-0.05, 0) is 101 Å². The Hall–Kier alpha value is -6.59. The van der Waals surface area contributed by atoms with Gasteiger partial charge >= 0.3 is 0 Å². The zero-order valence-corrected chi connectivity index (χ0v) is 25.5. The lowest BCUT2D eigenvalue weighted by molar-refractivity contribution is 0.360. The highest BCUT2D eigenvalue weighted by atomic mass is 16.6. The van der Waals surface area contributed by atoms with Crippen molar-refractivity contribution in [3.63, 3.8) is 0 Å². The van der Waals surface area contributed by atoms with Crippen molar-refractivity contribution in [2.24, 2.45) is 0 Å². The average Bonchev–Trinajstić information content (AvgIpc) is 3.47. The van der Waals surface area contributed by atoms with Crippen LogP contribution in [0.3, 0.4) is 0 Å². The third-order valence-electron chi connectivity index (χ3n) is 9.26. The topological polar surface area (TPSA) is 53.6 Å². The molecule has 5 nitrogen and oxygen atoms in total. The van der Waals surface area contributed by atoms with Crippen LogP contribution in [0.2, 0.25) is 0 Å². The van der Waals surface area contributed by atoms with Gasteiger partial charge in [-0.3, -0.25) is 4.79 Å². The van der Waals surface area contributed by atoms with Crippen molar-refractivity contribution in [3.05, 3.63) is 162 Å². The molecule has 2 aromatic heterocycles. The van der Waals surface area contributed by atoms with E-state index >= 15 is 0 Å². The molecule has 0 atom stereocenters. The Balaban J connectivity index is 0.994. The van der Waals surface area contributed by atoms with Crippen LogP contribution in [-0.2, 0) is 0 Å². The largest absolute Gasteiger partial charge is 0.456 e. The van der Waals surface area contributed by atoms with Crippen LogP contribution in [0.5, 0.6) is 23.0 Å². The molecule has 0 amide bonds. The van der Waals surface area contributed by atoms with E-state index in [-0.39, 0.29) is 5.43 Å². The lowest BCUT2D eigenvalue weighted by Crippen LogP contribution is -2.02. The fourth-order valence-corrected chi connectivity index (χ4v) is 6.93. The molecular weight excluding hydrogens is 594 g/mol. The van der Waals surface area contributed by atoms with Crippen LogP contribution in [0, 0.1) is 0 Å². The second kappa shape index (κ2) is 10.2. The Labute approximate surface area is 274 Å². The summed E-state index contributed by atoms with van der Waals surface area (Å²) in [6.07, 6.45) is 0. The summed E-state index contributed by atoms with van der Waals surface area (Å²) < 4.78 is 21.1. The SMILES string of the molecule is O=c1c2ccccc2oc2ccc(-c3ccc4c(c3)Oc3ccc(-c5ccc6c(c5)c5ccccc5n6-c5ccccc5)cc3O4)cc12. The van der Waals surface area contributed by atoms with E-state index in [4.69, 9.17) is 13.9 Å². The fraction of sp³-hybridized carbons (Fsp3) is 0. The summed E-state index contributed by atoms with van der Waals surface area (Å²) in [5.41, 5.74) is 8.51. The van der Waals surface area contributed by atoms with Crippen molar-refractivity contribution in [3.8, 4) is 50.9 Å². The zero-order chi connectivity index (χ0) is 31.8. The molecule has 0 saturated heterocycles. The summed E-state index contributed by atoms with van der Waals surface area (Å²) in [5, 5.41) is 3.52. The van der Waals surface area contributed by atoms with Gasteiger partial charge in [0.1, 0.15) is 11.2 Å². The zero-order valence-electron chi connectivity index (χ0n) is 25.5. The van der Waals surface area contributed by atoms with Crippen LogP contribution >= 0.6 is 0 Å². The minimum absolute atomic E-state index is 0.0444. The summed E-state index contributed by atoms with van der Waals surface area (Å²) in [4.78, 5) is 13.2. The van der Waals surface area contributed by atoms with Crippen molar-refractivity contribution in [1.82, 2.24) is 4.57 Å². The van der Waals surface area contributed by atoms with E-state index in [1.54, 1.807) is 6.07 Å². The lowest BCUT2D eigenvalue weighted by Gasteiger charge is -2.22. The second-order valence-corrected chi connectivity index (χ2v) is 12.1. The molecule has 0 radical (unpaired) electrons. The van der Waals surface area contributed by atoms with Crippen LogP contribution < -0.4 is 14.9 Å². The second-order valence-electron chi connectivity index (χ2n) is 12.1. The molecule has 5 heteroatoms. The first kappa shape index (κ1) is 26.6. The molecule has 3 heterocycles. The number of benzene rings is 7. The standard InChI is InChI=1S/C43H25NO4/c45-43-32-11-5-7-13-37(32)46-38-19-15-27(23-34(38)43)29-17-21-40-42(25-29)48-39-20-16-28(24-41(39)47-40)26-14-18-36-33(22-26)31-10-4-6-12-35(31)44(36)30-8-2-1-3-9-30/h1-25H. The maximum Gasteiger partial charge on any atom is 0.200 e. The molecule has 0 bridgehead atoms. The van der Waals surface area contributed by atoms with Gasteiger partial charge in [-0.15, -0.1) is 0 Å². The predicted molar refractivity (Wildman–Crippen MR) is 192 cm³/mol. The molecule has 0 fully saturated rings. The van der Waals surface area contributed by atoms with E-state index in [0.717, 1.165) is 33.5 Å². The van der Waals surface area contributed by atoms with Crippen LogP contribution in [-0.4, -0.2) is 4.57 Å². The van der Waals surface area contributed by atoms with Crippen molar-refractivity contribution in [1.29, 1.82) is 0 Å². The van der Waals surface area contributed by atoms with E-state index in [0.29, 0.717) is 44.9 Å². The number of fused-ring (bicyclic) bond motifs is 7. The smallest absolute Gasteiger partial charge is 0.200 e. The van der Waals surface area contributed by atoms with Crippen LogP contribution in [0.1, 0.15) is 0 Å². The van der Waals surface area contributed by atoms with Gasteiger partial charge < -0.3 is 18.5 Å². The molecule has 1 aliphatic rings. The highest BCUT2D eigenvalue weighted by Gasteiger charge is 2.21. The lowest BCUT2D eigenvalue weighted by atomic mass is 10.0. The molecule has 9 aromatic rings. The van der Waals surface area contributed by atoms with Crippen LogP contribution in [0.25, 0.3) is 71.7 Å². The van der Waals surface area contributed by atoms with Crippen LogP contribution in [0.15, 0.2) is 161 Å². The molecular formula is C43H25NO4. The number of hydrogen-bond acceptors (Lipinski definition) is 4. The molecule has 0 unspecified atom stereocenters. The molecule has 226 valence electrons. The Morgan fingerprint density at radius 3 is 1.69 bits per heavy atom. The number of nitrogens with zero attached hydrogens (tertiary/aromatic N) is 1. The van der Waals surface area contributed by atoms with E-state index in [9.17, 15) is 4.79 Å². The summed E-state index contributed by atoms with van der Waals surface area (Å²) in [6.45, 7) is 0. The normalized spacial score (nSPS) is 12.2. The van der Waals surface area contributed by atoms with Gasteiger partial charge in [0.05, 0.1) is 21.8 Å². The molecule has 0 N–H and O–H groups in total. The van der Waals surface area contributed by atoms with Gasteiger partial charge in [0, 0.05) is 16.5 Å². The van der Waals surface area contributed by atoms with Gasteiger partial charge in [0.2, 0.25) is 5.43 Å². The highest BCUT2D eigenvalue weighted by Crippen LogP contribution is 2.48. The Morgan fingerprint density at radius 1 is 0.396 bits per heavy atom. The number of para-hydroxylation sites is 3. The molecule has 0 aliphatic carbocycles. The summed E-state index contributed by atoms with van der Waals surface area (Å²) >= 11 is 0. The van der Waals surface area contributed by atoms with Gasteiger partial charge in [-0.25, -0.2) is 0 Å². The summed E-state index contributed by atoms with van der Waals surface area (Å²) in [5.74, 6) is 2.56. The number of rotatable bonds is 3. The third kappa shape index (κ3) is 4.08. The van der Waals surface area contributed by atoms with Gasteiger partial charge in [0.25, 0.3) is 0 Å². The van der Waals surface area contributed by atoms with E-state index in [1.807, 2.05) is 72.8 Å². The van der Waals surface area contributed by atoms with Gasteiger partial charge in [0.15, 0.2) is 23.0 Å². The Morgan fingerprint density at radius 2 is 0.938 bits per heavy atom. The summed E-state index contributed by atoms with van der Waals surface area (Å²) in [6, 6.07) is 50.6. The van der Waals surface area contributed by atoms with Crippen molar-refractivity contribution >= 4 is 43.7 Å². The minimum atomic E-state index is -0.0444. The Bertz CT molecular complexity index is 2810. The molecule has 10 rings (SSSR count). The molecule has 0 spiro atoms. The predicted octanol–water partition coefficient (Wildman–Crippen LogP) is 11.3. The van der Waals surface area contributed by atoms with Crippen molar-refractivity contribution in [2.45, 2.75) is 0 Å². The quantitative estimate of drug-likeness (QED) is 0.185. The van der Waals surface area contributed by atoms with Crippen molar-refractivity contribution < 1.29 is 13.9 Å². The maximum atomic E-state index is 13.2.